The van der Waals surface area contributed by atoms with Gasteiger partial charge in [0, 0.05) is 11.4 Å². The summed E-state index contributed by atoms with van der Waals surface area (Å²) in [6.45, 7) is 3.32. The largest absolute Gasteiger partial charge is 0.409 e. The molecule has 106 valence electrons. The molecule has 0 aliphatic rings. The zero-order valence-electron chi connectivity index (χ0n) is 11.1. The first kappa shape index (κ1) is 14.3. The van der Waals surface area contributed by atoms with Gasteiger partial charge in [-0.3, -0.25) is 0 Å². The molecule has 6 heteroatoms. The quantitative estimate of drug-likeness (QED) is 0.385. The van der Waals surface area contributed by atoms with Crippen molar-refractivity contribution in [3.63, 3.8) is 0 Å². The Morgan fingerprint density at radius 1 is 1.40 bits per heavy atom. The van der Waals surface area contributed by atoms with Crippen LogP contribution in [0.5, 0.6) is 0 Å². The molecule has 20 heavy (non-hydrogen) atoms. The highest BCUT2D eigenvalue weighted by atomic mass is 32.1. The van der Waals surface area contributed by atoms with E-state index in [1.165, 1.54) is 10.9 Å². The van der Waals surface area contributed by atoms with Crippen molar-refractivity contribution >= 4 is 22.9 Å². The summed E-state index contributed by atoms with van der Waals surface area (Å²) in [4.78, 5) is 3.16. The number of anilines is 1. The zero-order chi connectivity index (χ0) is 14.5. The Labute approximate surface area is 120 Å². The average molecular weight is 293 g/mol. The minimum Gasteiger partial charge on any atom is -0.409 e. The van der Waals surface area contributed by atoms with E-state index in [1.54, 1.807) is 23.5 Å². The molecule has 0 saturated heterocycles. The van der Waals surface area contributed by atoms with E-state index in [0.29, 0.717) is 18.8 Å². The number of amidine groups is 1. The number of oxime groups is 1. The molecule has 0 atom stereocenters. The molecule has 0 amide bonds. The highest BCUT2D eigenvalue weighted by Gasteiger charge is 2.17. The van der Waals surface area contributed by atoms with E-state index < -0.39 is 5.82 Å². The molecule has 1 heterocycles. The molecule has 0 unspecified atom stereocenters. The molecule has 0 saturated carbocycles. The van der Waals surface area contributed by atoms with Gasteiger partial charge in [0.15, 0.2) is 5.84 Å². The smallest absolute Gasteiger partial charge is 0.175 e. The van der Waals surface area contributed by atoms with Crippen LogP contribution < -0.4 is 10.6 Å². The Kier molecular flexibility index (Phi) is 4.57. The van der Waals surface area contributed by atoms with Crippen LogP contribution >= 0.6 is 11.3 Å². The number of hydrogen-bond donors (Lipinski definition) is 2. The lowest BCUT2D eigenvalue weighted by Gasteiger charge is -2.25. The number of rotatable bonds is 5. The van der Waals surface area contributed by atoms with Gasteiger partial charge in [0.25, 0.3) is 0 Å². The molecule has 0 bridgehead atoms. The zero-order valence-corrected chi connectivity index (χ0v) is 11.9. The van der Waals surface area contributed by atoms with Crippen LogP contribution in [-0.2, 0) is 6.54 Å². The molecule has 2 aromatic rings. The molecule has 1 aromatic carbocycles. The number of benzene rings is 1. The third-order valence-corrected chi connectivity index (χ3v) is 3.87. The monoisotopic (exact) mass is 293 g/mol. The van der Waals surface area contributed by atoms with E-state index in [0.717, 1.165) is 0 Å². The molecule has 1 aromatic heterocycles. The van der Waals surface area contributed by atoms with E-state index in [1.807, 2.05) is 29.3 Å². The second kappa shape index (κ2) is 6.38. The molecule has 3 N–H and O–H groups in total. The van der Waals surface area contributed by atoms with E-state index in [4.69, 9.17) is 10.9 Å². The normalized spacial score (nSPS) is 11.6. The van der Waals surface area contributed by atoms with Crippen molar-refractivity contribution in [3.05, 3.63) is 52.0 Å². The van der Waals surface area contributed by atoms with Crippen molar-refractivity contribution in [2.75, 3.05) is 11.4 Å². The maximum absolute atomic E-state index is 14.0. The predicted molar refractivity (Wildman–Crippen MR) is 80.0 cm³/mol. The number of nitrogens with zero attached hydrogens (tertiary/aromatic N) is 2. The van der Waals surface area contributed by atoms with Gasteiger partial charge in [-0.2, -0.15) is 0 Å². The van der Waals surface area contributed by atoms with Crippen LogP contribution in [0.15, 0.2) is 40.9 Å². The van der Waals surface area contributed by atoms with Crippen molar-refractivity contribution < 1.29 is 9.60 Å². The van der Waals surface area contributed by atoms with Crippen molar-refractivity contribution in [3.8, 4) is 0 Å². The van der Waals surface area contributed by atoms with E-state index in [9.17, 15) is 4.39 Å². The average Bonchev–Trinajstić information content (AvgIpc) is 2.96. The SMILES string of the molecule is CCN(Cc1cccs1)c1cccc(F)c1C(N)=NO. The second-order valence-electron chi connectivity index (χ2n) is 4.21. The van der Waals surface area contributed by atoms with Gasteiger partial charge in [0.2, 0.25) is 0 Å². The first-order valence-electron chi connectivity index (χ1n) is 6.21. The van der Waals surface area contributed by atoms with Crippen molar-refractivity contribution in [1.82, 2.24) is 0 Å². The molecular formula is C14H16FN3OS. The Morgan fingerprint density at radius 2 is 2.20 bits per heavy atom. The topological polar surface area (TPSA) is 61.8 Å². The maximum Gasteiger partial charge on any atom is 0.175 e. The van der Waals surface area contributed by atoms with Gasteiger partial charge in [0.1, 0.15) is 5.82 Å². The fourth-order valence-electron chi connectivity index (χ4n) is 2.04. The summed E-state index contributed by atoms with van der Waals surface area (Å²) >= 11 is 1.64. The minimum absolute atomic E-state index is 0.133. The van der Waals surface area contributed by atoms with Crippen LogP contribution in [0.3, 0.4) is 0 Å². The Morgan fingerprint density at radius 3 is 2.80 bits per heavy atom. The number of thiophene rings is 1. The standard InChI is InChI=1S/C14H16FN3OS/c1-2-18(9-10-5-4-8-20-10)12-7-3-6-11(15)13(12)14(16)17-19/h3-8,19H,2,9H2,1H3,(H2,16,17). The summed E-state index contributed by atoms with van der Waals surface area (Å²) in [7, 11) is 0. The minimum atomic E-state index is -0.498. The van der Waals surface area contributed by atoms with Gasteiger partial charge in [-0.05, 0) is 30.5 Å². The second-order valence-corrected chi connectivity index (χ2v) is 5.24. The Hall–Kier alpha value is -2.08. The number of halogens is 1. The highest BCUT2D eigenvalue weighted by molar-refractivity contribution is 7.09. The van der Waals surface area contributed by atoms with Crippen molar-refractivity contribution in [2.45, 2.75) is 13.5 Å². The highest BCUT2D eigenvalue weighted by Crippen LogP contribution is 2.25. The van der Waals surface area contributed by atoms with Crippen LogP contribution in [0.1, 0.15) is 17.4 Å². The van der Waals surface area contributed by atoms with Crippen LogP contribution in [0.2, 0.25) is 0 Å². The van der Waals surface area contributed by atoms with Crippen LogP contribution in [0, 0.1) is 5.82 Å². The van der Waals surface area contributed by atoms with Crippen LogP contribution in [-0.4, -0.2) is 17.6 Å². The Balaban J connectivity index is 2.41. The fraction of sp³-hybridized carbons (Fsp3) is 0.214. The van der Waals surface area contributed by atoms with Gasteiger partial charge in [-0.15, -0.1) is 11.3 Å². The van der Waals surface area contributed by atoms with Gasteiger partial charge in [0.05, 0.1) is 17.8 Å². The summed E-state index contributed by atoms with van der Waals surface area (Å²) in [6.07, 6.45) is 0. The predicted octanol–water partition coefficient (Wildman–Crippen LogP) is 3.01. The first-order valence-corrected chi connectivity index (χ1v) is 7.09. The third kappa shape index (κ3) is 2.91. The molecule has 0 fully saturated rings. The lowest BCUT2D eigenvalue weighted by Crippen LogP contribution is -2.26. The molecule has 0 spiro atoms. The maximum atomic E-state index is 14.0. The van der Waals surface area contributed by atoms with Crippen molar-refractivity contribution in [2.24, 2.45) is 10.9 Å². The summed E-state index contributed by atoms with van der Waals surface area (Å²) in [5, 5.41) is 13.8. The summed E-state index contributed by atoms with van der Waals surface area (Å²) < 4.78 is 14.0. The van der Waals surface area contributed by atoms with E-state index in [2.05, 4.69) is 5.16 Å². The number of nitrogens with two attached hydrogens (primary N) is 1. The van der Waals surface area contributed by atoms with Gasteiger partial charge < -0.3 is 15.8 Å². The molecule has 0 aliphatic heterocycles. The lowest BCUT2D eigenvalue weighted by molar-refractivity contribution is 0.318. The van der Waals surface area contributed by atoms with Crippen molar-refractivity contribution in [1.29, 1.82) is 0 Å². The molecule has 4 nitrogen and oxygen atoms in total. The van der Waals surface area contributed by atoms with E-state index >= 15 is 0 Å². The molecule has 2 rings (SSSR count). The number of hydrogen-bond acceptors (Lipinski definition) is 4. The fourth-order valence-corrected chi connectivity index (χ4v) is 2.76. The summed E-state index contributed by atoms with van der Waals surface area (Å²) in [5.74, 6) is -0.717. The van der Waals surface area contributed by atoms with Gasteiger partial charge in [-0.25, -0.2) is 4.39 Å². The van der Waals surface area contributed by atoms with Crippen LogP contribution in [0.25, 0.3) is 0 Å². The first-order chi connectivity index (χ1) is 9.67. The summed E-state index contributed by atoms with van der Waals surface area (Å²) in [6, 6.07) is 8.69. The lowest BCUT2D eigenvalue weighted by atomic mass is 10.1. The van der Waals surface area contributed by atoms with Crippen LogP contribution in [0.4, 0.5) is 10.1 Å². The molecular weight excluding hydrogens is 277 g/mol. The summed E-state index contributed by atoms with van der Waals surface area (Å²) in [5.41, 5.74) is 6.35. The van der Waals surface area contributed by atoms with Gasteiger partial charge in [-0.1, -0.05) is 17.3 Å². The Bertz CT molecular complexity index is 598. The van der Waals surface area contributed by atoms with E-state index in [-0.39, 0.29) is 11.4 Å². The third-order valence-electron chi connectivity index (χ3n) is 3.00. The molecule has 0 radical (unpaired) electrons. The van der Waals surface area contributed by atoms with Gasteiger partial charge >= 0.3 is 0 Å². The molecule has 0 aliphatic carbocycles.